The minimum absolute atomic E-state index is 0.0416. The summed E-state index contributed by atoms with van der Waals surface area (Å²) in [4.78, 5) is 0. The van der Waals surface area contributed by atoms with E-state index in [1.54, 1.807) is 0 Å². The predicted molar refractivity (Wildman–Crippen MR) is 73.9 cm³/mol. The van der Waals surface area contributed by atoms with Crippen molar-refractivity contribution in [1.82, 2.24) is 0 Å². The molecular formula is C15H21ClO2. The van der Waals surface area contributed by atoms with Gasteiger partial charge < -0.3 is 9.47 Å². The number of rotatable bonds is 2. The van der Waals surface area contributed by atoms with E-state index in [9.17, 15) is 0 Å². The summed E-state index contributed by atoms with van der Waals surface area (Å²) in [5.41, 5.74) is 2.25. The van der Waals surface area contributed by atoms with Gasteiger partial charge in [0.05, 0.1) is 18.6 Å². The number of hydrogen-bond acceptors (Lipinski definition) is 2. The van der Waals surface area contributed by atoms with E-state index in [1.165, 1.54) is 5.56 Å². The second-order valence-electron chi connectivity index (χ2n) is 5.89. The minimum atomic E-state index is -0.815. The molecule has 0 spiro atoms. The van der Waals surface area contributed by atoms with Crippen molar-refractivity contribution >= 4 is 11.6 Å². The molecule has 0 radical (unpaired) electrons. The molecule has 3 heteroatoms. The van der Waals surface area contributed by atoms with Crippen molar-refractivity contribution in [1.29, 1.82) is 0 Å². The maximum Gasteiger partial charge on any atom is 0.211 e. The average molecular weight is 269 g/mol. The van der Waals surface area contributed by atoms with Crippen LogP contribution in [0.25, 0.3) is 0 Å². The van der Waals surface area contributed by atoms with Gasteiger partial charge in [0.2, 0.25) is 5.79 Å². The van der Waals surface area contributed by atoms with Gasteiger partial charge in [-0.1, -0.05) is 43.7 Å². The van der Waals surface area contributed by atoms with Crippen LogP contribution in [0.4, 0.5) is 0 Å². The smallest absolute Gasteiger partial charge is 0.211 e. The molecule has 18 heavy (non-hydrogen) atoms. The fourth-order valence-corrected chi connectivity index (χ4v) is 2.35. The van der Waals surface area contributed by atoms with Gasteiger partial charge in [-0.15, -0.1) is 11.6 Å². The Morgan fingerprint density at radius 1 is 1.11 bits per heavy atom. The van der Waals surface area contributed by atoms with Crippen LogP contribution in [-0.4, -0.2) is 18.6 Å². The Labute approximate surface area is 114 Å². The molecule has 1 atom stereocenters. The van der Waals surface area contributed by atoms with Crippen LogP contribution in [0.15, 0.2) is 24.3 Å². The highest BCUT2D eigenvalue weighted by Gasteiger charge is 2.45. The summed E-state index contributed by atoms with van der Waals surface area (Å²) < 4.78 is 12.0. The maximum absolute atomic E-state index is 6.33. The van der Waals surface area contributed by atoms with E-state index in [4.69, 9.17) is 21.1 Å². The minimum Gasteiger partial charge on any atom is -0.344 e. The Balaban J connectivity index is 2.31. The summed E-state index contributed by atoms with van der Waals surface area (Å²) in [7, 11) is 0. The molecule has 0 bridgehead atoms. The Hall–Kier alpha value is -0.570. The molecule has 1 heterocycles. The lowest BCUT2D eigenvalue weighted by Gasteiger charge is -2.45. The number of hydrogen-bond donors (Lipinski definition) is 0. The first kappa shape index (κ1) is 13.9. The topological polar surface area (TPSA) is 18.5 Å². The molecular weight excluding hydrogens is 248 g/mol. The monoisotopic (exact) mass is 268 g/mol. The van der Waals surface area contributed by atoms with E-state index >= 15 is 0 Å². The number of halogens is 1. The second-order valence-corrected chi connectivity index (χ2v) is 6.55. The highest BCUT2D eigenvalue weighted by molar-refractivity contribution is 6.21. The molecule has 1 aromatic rings. The zero-order chi connectivity index (χ0) is 13.4. The zero-order valence-corrected chi connectivity index (χ0v) is 12.3. The van der Waals surface area contributed by atoms with Gasteiger partial charge in [-0.3, -0.25) is 0 Å². The van der Waals surface area contributed by atoms with Gasteiger partial charge in [-0.05, 0) is 13.8 Å². The molecule has 2 nitrogen and oxygen atoms in total. The number of ether oxygens (including phenoxy) is 2. The van der Waals surface area contributed by atoms with E-state index in [0.717, 1.165) is 5.56 Å². The van der Waals surface area contributed by atoms with Gasteiger partial charge in [0, 0.05) is 11.0 Å². The molecule has 0 amide bonds. The summed E-state index contributed by atoms with van der Waals surface area (Å²) in [6, 6.07) is 8.19. The van der Waals surface area contributed by atoms with Crippen molar-refractivity contribution < 1.29 is 9.47 Å². The quantitative estimate of drug-likeness (QED) is 0.759. The first-order valence-corrected chi connectivity index (χ1v) is 6.78. The first-order chi connectivity index (χ1) is 8.36. The molecule has 1 fully saturated rings. The van der Waals surface area contributed by atoms with Crippen LogP contribution in [-0.2, 0) is 15.3 Å². The van der Waals surface area contributed by atoms with E-state index in [0.29, 0.717) is 13.2 Å². The molecule has 1 aromatic carbocycles. The summed E-state index contributed by atoms with van der Waals surface area (Å²) in [6.45, 7) is 9.54. The molecule has 1 aliphatic heterocycles. The molecule has 0 aromatic heterocycles. The van der Waals surface area contributed by atoms with Crippen molar-refractivity contribution in [2.75, 3.05) is 13.2 Å². The normalized spacial score (nSPS) is 23.6. The SMILES string of the molecule is Cc1ccc(C2(C(C)Cl)OCC(C)(C)CO2)cc1. The molecule has 0 saturated carbocycles. The molecule has 0 N–H and O–H groups in total. The highest BCUT2D eigenvalue weighted by Crippen LogP contribution is 2.40. The summed E-state index contributed by atoms with van der Waals surface area (Å²) >= 11 is 6.33. The van der Waals surface area contributed by atoms with Crippen LogP contribution < -0.4 is 0 Å². The maximum atomic E-state index is 6.33. The number of alkyl halides is 1. The van der Waals surface area contributed by atoms with Gasteiger partial charge in [0.15, 0.2) is 0 Å². The number of aryl methyl sites for hydroxylation is 1. The molecule has 100 valence electrons. The van der Waals surface area contributed by atoms with E-state index in [1.807, 2.05) is 19.1 Å². The lowest BCUT2D eigenvalue weighted by atomic mass is 9.92. The van der Waals surface area contributed by atoms with Gasteiger partial charge >= 0.3 is 0 Å². The fourth-order valence-electron chi connectivity index (χ4n) is 2.10. The molecule has 1 aliphatic rings. The number of benzene rings is 1. The summed E-state index contributed by atoms with van der Waals surface area (Å²) in [5.74, 6) is -0.815. The van der Waals surface area contributed by atoms with E-state index in [-0.39, 0.29) is 10.8 Å². The van der Waals surface area contributed by atoms with E-state index in [2.05, 4.69) is 32.9 Å². The standard InChI is InChI=1S/C15H21ClO2/c1-11-5-7-13(8-6-11)15(12(2)16)17-9-14(3,4)10-18-15/h5-8,12H,9-10H2,1-4H3. The fraction of sp³-hybridized carbons (Fsp3) is 0.600. The second kappa shape index (κ2) is 4.84. The summed E-state index contributed by atoms with van der Waals surface area (Å²) in [5, 5.41) is -0.240. The van der Waals surface area contributed by atoms with Crippen LogP contribution in [0.1, 0.15) is 31.9 Å². The Morgan fingerprint density at radius 2 is 1.61 bits per heavy atom. The molecule has 1 unspecified atom stereocenters. The molecule has 2 rings (SSSR count). The van der Waals surface area contributed by atoms with Crippen LogP contribution in [0.5, 0.6) is 0 Å². The Bertz CT molecular complexity index is 399. The first-order valence-electron chi connectivity index (χ1n) is 6.35. The van der Waals surface area contributed by atoms with Crippen LogP contribution in [0.2, 0.25) is 0 Å². The van der Waals surface area contributed by atoms with Crippen molar-refractivity contribution in [2.24, 2.45) is 5.41 Å². The van der Waals surface area contributed by atoms with Gasteiger partial charge in [0.1, 0.15) is 0 Å². The van der Waals surface area contributed by atoms with Gasteiger partial charge in [0.25, 0.3) is 0 Å². The van der Waals surface area contributed by atoms with E-state index < -0.39 is 5.79 Å². The van der Waals surface area contributed by atoms with Crippen LogP contribution >= 0.6 is 11.6 Å². The van der Waals surface area contributed by atoms with Crippen molar-refractivity contribution in [3.8, 4) is 0 Å². The lowest BCUT2D eigenvalue weighted by Crippen LogP contribution is -2.49. The van der Waals surface area contributed by atoms with Crippen molar-refractivity contribution in [2.45, 2.75) is 38.9 Å². The third kappa shape index (κ3) is 2.56. The predicted octanol–water partition coefficient (Wildman–Crippen LogP) is 3.85. The van der Waals surface area contributed by atoms with Gasteiger partial charge in [-0.25, -0.2) is 0 Å². The third-order valence-corrected chi connectivity index (χ3v) is 3.62. The van der Waals surface area contributed by atoms with Crippen molar-refractivity contribution in [3.05, 3.63) is 35.4 Å². The zero-order valence-electron chi connectivity index (χ0n) is 11.5. The Morgan fingerprint density at radius 3 is 2.06 bits per heavy atom. The summed E-state index contributed by atoms with van der Waals surface area (Å²) in [6.07, 6.45) is 0. The van der Waals surface area contributed by atoms with Crippen LogP contribution in [0.3, 0.4) is 0 Å². The molecule has 0 aliphatic carbocycles. The highest BCUT2D eigenvalue weighted by atomic mass is 35.5. The lowest BCUT2D eigenvalue weighted by molar-refractivity contribution is -0.307. The van der Waals surface area contributed by atoms with Gasteiger partial charge in [-0.2, -0.15) is 0 Å². The molecule has 1 saturated heterocycles. The average Bonchev–Trinajstić information content (AvgIpc) is 2.30. The Kier molecular flexibility index (Phi) is 3.72. The third-order valence-electron chi connectivity index (χ3n) is 3.33. The van der Waals surface area contributed by atoms with Crippen molar-refractivity contribution in [3.63, 3.8) is 0 Å². The van der Waals surface area contributed by atoms with Crippen LogP contribution in [0, 0.1) is 12.3 Å². The largest absolute Gasteiger partial charge is 0.344 e.